The molecule has 1 saturated carbocycles. The molecule has 4 rings (SSSR count). The van der Waals surface area contributed by atoms with Crippen molar-refractivity contribution in [1.29, 1.82) is 0 Å². The van der Waals surface area contributed by atoms with Crippen molar-refractivity contribution in [1.82, 2.24) is 0 Å². The van der Waals surface area contributed by atoms with Crippen molar-refractivity contribution in [3.8, 4) is 0 Å². The molecular formula is C25H26BrN3O2S. The summed E-state index contributed by atoms with van der Waals surface area (Å²) in [7, 11) is 0. The maximum Gasteiger partial charge on any atom is 0.268 e. The number of halogens is 1. The summed E-state index contributed by atoms with van der Waals surface area (Å²) < 4.78 is 0.958. The van der Waals surface area contributed by atoms with Crippen molar-refractivity contribution in [3.63, 3.8) is 0 Å². The second-order valence-corrected chi connectivity index (χ2v) is 9.72. The third-order valence-electron chi connectivity index (χ3n) is 5.46. The molecule has 0 bridgehead atoms. The third-order valence-corrected chi connectivity index (χ3v) is 7.11. The summed E-state index contributed by atoms with van der Waals surface area (Å²) in [6, 6.07) is 7.51. The van der Waals surface area contributed by atoms with E-state index in [2.05, 4.69) is 33.3 Å². The summed E-state index contributed by atoms with van der Waals surface area (Å²) in [5.41, 5.74) is 7.47. The minimum Gasteiger partial charge on any atom is -0.390 e. The van der Waals surface area contributed by atoms with Crippen LogP contribution in [0.1, 0.15) is 53.8 Å². The van der Waals surface area contributed by atoms with Crippen LogP contribution in [0.4, 0.5) is 16.4 Å². The van der Waals surface area contributed by atoms with Gasteiger partial charge in [0.05, 0.1) is 0 Å². The van der Waals surface area contributed by atoms with Crippen LogP contribution >= 0.6 is 27.3 Å². The van der Waals surface area contributed by atoms with Crippen molar-refractivity contribution < 1.29 is 9.63 Å². The summed E-state index contributed by atoms with van der Waals surface area (Å²) in [6.45, 7) is 4.29. The minimum atomic E-state index is -0.195. The van der Waals surface area contributed by atoms with Gasteiger partial charge in [-0.1, -0.05) is 47.5 Å². The van der Waals surface area contributed by atoms with Crippen LogP contribution in [0, 0.1) is 0 Å². The highest BCUT2D eigenvalue weighted by Gasteiger charge is 2.24. The first-order valence-electron chi connectivity index (χ1n) is 10.8. The first kappa shape index (κ1) is 22.6. The largest absolute Gasteiger partial charge is 0.390 e. The average Bonchev–Trinajstić information content (AvgIpc) is 3.16. The lowest BCUT2D eigenvalue weighted by Crippen LogP contribution is -2.13. The van der Waals surface area contributed by atoms with Gasteiger partial charge in [-0.3, -0.25) is 4.79 Å². The topological polar surface area (TPSA) is 62.7 Å². The number of hydrogen-bond donors (Lipinski definition) is 2. The summed E-state index contributed by atoms with van der Waals surface area (Å²) in [5, 5.41) is 3.82. The molecule has 0 atom stereocenters. The summed E-state index contributed by atoms with van der Waals surface area (Å²) in [5.74, 6) is -0.195. The Hall–Kier alpha value is -2.64. The van der Waals surface area contributed by atoms with Gasteiger partial charge in [0, 0.05) is 21.4 Å². The molecule has 32 heavy (non-hydrogen) atoms. The van der Waals surface area contributed by atoms with Crippen molar-refractivity contribution in [2.24, 2.45) is 4.99 Å². The standard InChI is InChI=1S/C25H26BrN3O2S/c1-17-9-5-2-3-7-11-21(17)28-25-20-10-6-4-8-16-31-29-22(20)23(32-25)24(30)27-19-14-12-18(26)13-15-19/h4,6,8,12-16,29H,1-3,5,7,9-11H2,(H,27,30)/b6-4+,16-8-,28-21-. The molecule has 1 aromatic heterocycles. The average molecular weight is 512 g/mol. The zero-order chi connectivity index (χ0) is 22.3. The molecular weight excluding hydrogens is 486 g/mol. The van der Waals surface area contributed by atoms with Crippen LogP contribution in [0.25, 0.3) is 0 Å². The maximum absolute atomic E-state index is 13.2. The van der Waals surface area contributed by atoms with E-state index in [1.807, 2.05) is 42.5 Å². The Morgan fingerprint density at radius 1 is 1.12 bits per heavy atom. The fraction of sp³-hybridized carbons (Fsp3) is 0.280. The number of nitrogens with one attached hydrogen (secondary N) is 2. The smallest absolute Gasteiger partial charge is 0.268 e. The van der Waals surface area contributed by atoms with Crippen molar-refractivity contribution in [3.05, 3.63) is 75.8 Å². The Morgan fingerprint density at radius 2 is 1.91 bits per heavy atom. The Bertz CT molecular complexity index is 1080. The Morgan fingerprint density at radius 3 is 2.72 bits per heavy atom. The molecule has 0 unspecified atom stereocenters. The highest BCUT2D eigenvalue weighted by molar-refractivity contribution is 9.10. The predicted octanol–water partition coefficient (Wildman–Crippen LogP) is 7.72. The molecule has 7 heteroatoms. The molecule has 2 aliphatic rings. The summed E-state index contributed by atoms with van der Waals surface area (Å²) >= 11 is 4.81. The van der Waals surface area contributed by atoms with E-state index in [1.165, 1.54) is 24.2 Å². The molecule has 0 spiro atoms. The molecule has 2 aromatic rings. The lowest BCUT2D eigenvalue weighted by molar-refractivity contribution is 0.103. The number of anilines is 2. The maximum atomic E-state index is 13.2. The van der Waals surface area contributed by atoms with Gasteiger partial charge in [-0.2, -0.15) is 0 Å². The Labute approximate surface area is 201 Å². The zero-order valence-corrected chi connectivity index (χ0v) is 20.2. The number of benzene rings is 1. The zero-order valence-electron chi connectivity index (χ0n) is 17.8. The first-order valence-corrected chi connectivity index (χ1v) is 12.4. The number of thiophene rings is 1. The fourth-order valence-corrected chi connectivity index (χ4v) is 5.06. The van der Waals surface area contributed by atoms with Gasteiger partial charge in [-0.15, -0.1) is 11.3 Å². The number of aliphatic imine (C=N–C) groups is 1. The molecule has 1 fully saturated rings. The SMILES string of the molecule is C=C1CCCCCC/C1=N/c1sc(C(=O)Nc2ccc(Br)cc2)c2c1C/C=C/C=C\ON2. The second kappa shape index (κ2) is 10.8. The Kier molecular flexibility index (Phi) is 7.60. The molecule has 1 aliphatic heterocycles. The van der Waals surface area contributed by atoms with Crippen LogP contribution in [0.3, 0.4) is 0 Å². The second-order valence-electron chi connectivity index (χ2n) is 7.81. The quantitative estimate of drug-likeness (QED) is 0.443. The number of hydrogen-bond acceptors (Lipinski definition) is 5. The minimum absolute atomic E-state index is 0.195. The molecule has 2 N–H and O–H groups in total. The Balaban J connectivity index is 1.71. The van der Waals surface area contributed by atoms with E-state index in [4.69, 9.17) is 9.83 Å². The van der Waals surface area contributed by atoms with Gasteiger partial charge in [0.15, 0.2) is 0 Å². The van der Waals surface area contributed by atoms with E-state index in [9.17, 15) is 4.79 Å². The number of allylic oxidation sites excluding steroid dienone is 4. The molecule has 2 heterocycles. The molecule has 0 saturated heterocycles. The van der Waals surface area contributed by atoms with Crippen LogP contribution in [0.2, 0.25) is 0 Å². The van der Waals surface area contributed by atoms with Gasteiger partial charge in [0.25, 0.3) is 5.91 Å². The summed E-state index contributed by atoms with van der Waals surface area (Å²) in [4.78, 5) is 24.3. The lowest BCUT2D eigenvalue weighted by Gasteiger charge is -2.14. The van der Waals surface area contributed by atoms with Gasteiger partial charge in [-0.05, 0) is 68.0 Å². The van der Waals surface area contributed by atoms with Crippen LogP contribution in [0.15, 0.2) is 70.4 Å². The number of nitrogens with zero attached hydrogens (tertiary/aromatic N) is 1. The normalized spacial score (nSPS) is 19.8. The summed E-state index contributed by atoms with van der Waals surface area (Å²) in [6.07, 6.45) is 14.7. The highest BCUT2D eigenvalue weighted by atomic mass is 79.9. The predicted molar refractivity (Wildman–Crippen MR) is 137 cm³/mol. The monoisotopic (exact) mass is 511 g/mol. The van der Waals surface area contributed by atoms with Gasteiger partial charge >= 0.3 is 0 Å². The van der Waals surface area contributed by atoms with E-state index in [-0.39, 0.29) is 5.91 Å². The fourth-order valence-electron chi connectivity index (χ4n) is 3.73. The van der Waals surface area contributed by atoms with Gasteiger partial charge in [0.1, 0.15) is 21.8 Å². The van der Waals surface area contributed by atoms with E-state index < -0.39 is 0 Å². The number of carbonyl (C=O) groups is 1. The van der Waals surface area contributed by atoms with Crippen molar-refractivity contribution >= 4 is 55.3 Å². The molecule has 1 aromatic carbocycles. The van der Waals surface area contributed by atoms with Crippen LogP contribution < -0.4 is 10.8 Å². The molecule has 5 nitrogen and oxygen atoms in total. The lowest BCUT2D eigenvalue weighted by atomic mass is 9.95. The molecule has 0 radical (unpaired) electrons. The number of amides is 1. The van der Waals surface area contributed by atoms with Crippen LogP contribution in [-0.2, 0) is 11.3 Å². The number of fused-ring (bicyclic) bond motifs is 1. The van der Waals surface area contributed by atoms with E-state index in [0.29, 0.717) is 17.0 Å². The molecule has 1 amide bonds. The van der Waals surface area contributed by atoms with Crippen LogP contribution in [-0.4, -0.2) is 11.6 Å². The van der Waals surface area contributed by atoms with E-state index >= 15 is 0 Å². The number of rotatable bonds is 3. The molecule has 1 aliphatic carbocycles. The van der Waals surface area contributed by atoms with E-state index in [0.717, 1.165) is 57.7 Å². The highest BCUT2D eigenvalue weighted by Crippen LogP contribution is 2.42. The van der Waals surface area contributed by atoms with Crippen LogP contribution in [0.5, 0.6) is 0 Å². The van der Waals surface area contributed by atoms with Crippen molar-refractivity contribution in [2.45, 2.75) is 44.9 Å². The molecule has 166 valence electrons. The third kappa shape index (κ3) is 5.58. The number of carbonyl (C=O) groups excluding carboxylic acids is 1. The van der Waals surface area contributed by atoms with Gasteiger partial charge in [-0.25, -0.2) is 10.5 Å². The van der Waals surface area contributed by atoms with Gasteiger partial charge < -0.3 is 10.2 Å². The van der Waals surface area contributed by atoms with E-state index in [1.54, 1.807) is 6.26 Å². The van der Waals surface area contributed by atoms with Crippen molar-refractivity contribution in [2.75, 3.05) is 10.8 Å². The first-order chi connectivity index (χ1) is 15.6. The van der Waals surface area contributed by atoms with Gasteiger partial charge in [0.2, 0.25) is 0 Å².